The van der Waals surface area contributed by atoms with E-state index in [1.807, 2.05) is 13.8 Å². The normalized spacial score (nSPS) is 13.1. The third-order valence-electron chi connectivity index (χ3n) is 3.33. The molecular weight excluding hydrogens is 308 g/mol. The van der Waals surface area contributed by atoms with Gasteiger partial charge in [0.2, 0.25) is 5.91 Å². The van der Waals surface area contributed by atoms with Crippen LogP contribution in [0.25, 0.3) is 0 Å². The van der Waals surface area contributed by atoms with Gasteiger partial charge in [-0.3, -0.25) is 4.79 Å². The fraction of sp³-hybridized carbons (Fsp3) is 0.467. The highest BCUT2D eigenvalue weighted by atomic mass is 35.5. The number of halogens is 1. The quantitative estimate of drug-likeness (QED) is 0.749. The van der Waals surface area contributed by atoms with E-state index in [1.54, 1.807) is 12.1 Å². The number of hydrogen-bond acceptors (Lipinski definition) is 5. The molecule has 0 radical (unpaired) electrons. The number of methoxy groups -OCH3 is 1. The first kappa shape index (κ1) is 18.3. The lowest BCUT2D eigenvalue weighted by Crippen LogP contribution is -2.40. The van der Waals surface area contributed by atoms with Crippen molar-refractivity contribution in [1.29, 1.82) is 0 Å². The van der Waals surface area contributed by atoms with E-state index in [4.69, 9.17) is 22.1 Å². The molecule has 1 aromatic rings. The lowest BCUT2D eigenvalue weighted by Gasteiger charge is -2.18. The first-order chi connectivity index (χ1) is 10.4. The number of benzene rings is 1. The summed E-state index contributed by atoms with van der Waals surface area (Å²) in [6.07, 6.45) is 0.815. The molecule has 2 unspecified atom stereocenters. The number of anilines is 1. The largest absolute Gasteiger partial charge is 0.480 e. The van der Waals surface area contributed by atoms with Gasteiger partial charge in [0, 0.05) is 5.69 Å². The Balaban J connectivity index is 2.69. The number of amides is 1. The van der Waals surface area contributed by atoms with Gasteiger partial charge in [-0.15, -0.1) is 0 Å². The van der Waals surface area contributed by atoms with E-state index < -0.39 is 12.0 Å². The summed E-state index contributed by atoms with van der Waals surface area (Å²) < 4.78 is 9.68. The Morgan fingerprint density at radius 3 is 2.64 bits per heavy atom. The molecule has 0 aromatic heterocycles. The average Bonchev–Trinajstić information content (AvgIpc) is 2.52. The summed E-state index contributed by atoms with van der Waals surface area (Å²) in [5.74, 6) is -0.365. The maximum Gasteiger partial charge on any atom is 0.343 e. The van der Waals surface area contributed by atoms with Crippen LogP contribution in [0.5, 0.6) is 5.75 Å². The number of nitrogens with one attached hydrogen (secondary N) is 1. The van der Waals surface area contributed by atoms with Crippen LogP contribution in [0.1, 0.15) is 20.3 Å². The minimum Gasteiger partial charge on any atom is -0.480 e. The van der Waals surface area contributed by atoms with Crippen LogP contribution >= 0.6 is 11.6 Å². The van der Waals surface area contributed by atoms with Gasteiger partial charge in [0.05, 0.1) is 18.2 Å². The lowest BCUT2D eigenvalue weighted by atomic mass is 9.99. The maximum atomic E-state index is 12.0. The summed E-state index contributed by atoms with van der Waals surface area (Å²) in [5, 5.41) is 2.98. The van der Waals surface area contributed by atoms with Gasteiger partial charge >= 0.3 is 5.97 Å². The predicted octanol–water partition coefficient (Wildman–Crippen LogP) is 2.20. The van der Waals surface area contributed by atoms with Crippen LogP contribution in [-0.4, -0.2) is 31.6 Å². The molecule has 0 aliphatic heterocycles. The molecule has 2 atom stereocenters. The SMILES string of the molecule is CCC(C)C(N)C(=O)Nc1ccc(OCC(=O)OC)c(Cl)c1. The Labute approximate surface area is 134 Å². The van der Waals surface area contributed by atoms with Gasteiger partial charge < -0.3 is 20.5 Å². The van der Waals surface area contributed by atoms with Crippen LogP contribution in [-0.2, 0) is 14.3 Å². The van der Waals surface area contributed by atoms with E-state index in [0.29, 0.717) is 11.4 Å². The smallest absolute Gasteiger partial charge is 0.343 e. The second-order valence-corrected chi connectivity index (χ2v) is 5.32. The molecular formula is C15H21ClN2O4. The summed E-state index contributed by atoms with van der Waals surface area (Å²) in [5.41, 5.74) is 6.38. The third-order valence-corrected chi connectivity index (χ3v) is 3.63. The number of nitrogens with two attached hydrogens (primary N) is 1. The minimum absolute atomic E-state index is 0.0816. The molecule has 3 N–H and O–H groups in total. The molecule has 0 saturated heterocycles. The molecule has 0 heterocycles. The lowest BCUT2D eigenvalue weighted by molar-refractivity contribution is -0.142. The summed E-state index contributed by atoms with van der Waals surface area (Å²) in [4.78, 5) is 23.0. The van der Waals surface area contributed by atoms with Crippen molar-refractivity contribution >= 4 is 29.2 Å². The van der Waals surface area contributed by atoms with E-state index in [9.17, 15) is 9.59 Å². The van der Waals surface area contributed by atoms with Crippen LogP contribution in [0.15, 0.2) is 18.2 Å². The van der Waals surface area contributed by atoms with Crippen molar-refractivity contribution in [3.8, 4) is 5.75 Å². The number of ether oxygens (including phenoxy) is 2. The molecule has 0 aliphatic carbocycles. The minimum atomic E-state index is -0.584. The molecule has 7 heteroatoms. The average molecular weight is 329 g/mol. The summed E-state index contributed by atoms with van der Waals surface area (Å²) >= 11 is 6.05. The van der Waals surface area contributed by atoms with Crippen molar-refractivity contribution in [3.05, 3.63) is 23.2 Å². The molecule has 122 valence electrons. The first-order valence-corrected chi connectivity index (χ1v) is 7.32. The summed E-state index contributed by atoms with van der Waals surface area (Å²) in [6, 6.07) is 4.14. The highest BCUT2D eigenvalue weighted by Crippen LogP contribution is 2.27. The topological polar surface area (TPSA) is 90.7 Å². The second kappa shape index (κ2) is 8.60. The molecule has 22 heavy (non-hydrogen) atoms. The maximum absolute atomic E-state index is 12.0. The van der Waals surface area contributed by atoms with Crippen molar-refractivity contribution in [2.24, 2.45) is 11.7 Å². The van der Waals surface area contributed by atoms with Gasteiger partial charge in [0.25, 0.3) is 0 Å². The van der Waals surface area contributed by atoms with Crippen molar-refractivity contribution in [3.63, 3.8) is 0 Å². The summed E-state index contributed by atoms with van der Waals surface area (Å²) in [6.45, 7) is 3.66. The molecule has 6 nitrogen and oxygen atoms in total. The van der Waals surface area contributed by atoms with Crippen LogP contribution in [0.2, 0.25) is 5.02 Å². The Bertz CT molecular complexity index is 536. The Kier molecular flexibility index (Phi) is 7.14. The molecule has 0 saturated carbocycles. The third kappa shape index (κ3) is 5.20. The number of carbonyl (C=O) groups is 2. The molecule has 1 amide bonds. The number of carbonyl (C=O) groups excluding carboxylic acids is 2. The van der Waals surface area contributed by atoms with Gasteiger partial charge in [-0.1, -0.05) is 31.9 Å². The van der Waals surface area contributed by atoms with Crippen molar-refractivity contribution < 1.29 is 19.1 Å². The van der Waals surface area contributed by atoms with Crippen LogP contribution < -0.4 is 15.8 Å². The Hall–Kier alpha value is -1.79. The monoisotopic (exact) mass is 328 g/mol. The van der Waals surface area contributed by atoms with Gasteiger partial charge in [-0.25, -0.2) is 4.79 Å². The molecule has 1 rings (SSSR count). The van der Waals surface area contributed by atoms with Crippen LogP contribution in [0.3, 0.4) is 0 Å². The molecule has 0 bridgehead atoms. The fourth-order valence-electron chi connectivity index (χ4n) is 1.63. The molecule has 0 aliphatic rings. The van der Waals surface area contributed by atoms with Gasteiger partial charge in [0.15, 0.2) is 6.61 Å². The highest BCUT2D eigenvalue weighted by Gasteiger charge is 2.19. The van der Waals surface area contributed by atoms with E-state index in [0.717, 1.165) is 6.42 Å². The number of hydrogen-bond donors (Lipinski definition) is 2. The molecule has 1 aromatic carbocycles. The number of esters is 1. The standard InChI is InChI=1S/C15H21ClN2O4/c1-4-9(2)14(17)15(20)18-10-5-6-12(11(16)7-10)22-8-13(19)21-3/h5-7,9,14H,4,8,17H2,1-3H3,(H,18,20). The molecule has 0 spiro atoms. The van der Waals surface area contributed by atoms with Gasteiger partial charge in [-0.2, -0.15) is 0 Å². The Morgan fingerprint density at radius 1 is 1.41 bits per heavy atom. The van der Waals surface area contributed by atoms with Crippen molar-refractivity contribution in [2.45, 2.75) is 26.3 Å². The van der Waals surface area contributed by atoms with E-state index in [1.165, 1.54) is 13.2 Å². The zero-order valence-electron chi connectivity index (χ0n) is 12.9. The van der Waals surface area contributed by atoms with Crippen LogP contribution in [0.4, 0.5) is 5.69 Å². The number of rotatable bonds is 7. The Morgan fingerprint density at radius 2 is 2.09 bits per heavy atom. The van der Waals surface area contributed by atoms with Crippen molar-refractivity contribution in [1.82, 2.24) is 0 Å². The highest BCUT2D eigenvalue weighted by molar-refractivity contribution is 6.32. The van der Waals surface area contributed by atoms with E-state index in [2.05, 4.69) is 10.1 Å². The first-order valence-electron chi connectivity index (χ1n) is 6.94. The van der Waals surface area contributed by atoms with Gasteiger partial charge in [0.1, 0.15) is 5.75 Å². The predicted molar refractivity (Wildman–Crippen MR) is 85.0 cm³/mol. The molecule has 0 fully saturated rings. The van der Waals surface area contributed by atoms with E-state index >= 15 is 0 Å². The zero-order valence-corrected chi connectivity index (χ0v) is 13.6. The van der Waals surface area contributed by atoms with Gasteiger partial charge in [-0.05, 0) is 24.1 Å². The van der Waals surface area contributed by atoms with Crippen molar-refractivity contribution in [2.75, 3.05) is 19.0 Å². The second-order valence-electron chi connectivity index (χ2n) is 4.91. The fourth-order valence-corrected chi connectivity index (χ4v) is 1.86. The zero-order chi connectivity index (χ0) is 16.7. The van der Waals surface area contributed by atoms with E-state index in [-0.39, 0.29) is 23.5 Å². The summed E-state index contributed by atoms with van der Waals surface area (Å²) in [7, 11) is 1.27. The van der Waals surface area contributed by atoms with Crippen LogP contribution in [0, 0.1) is 5.92 Å².